The number of carbonyl (C=O) groups is 1. The summed E-state index contributed by atoms with van der Waals surface area (Å²) in [6.45, 7) is 1.81. The van der Waals surface area contributed by atoms with E-state index in [0.29, 0.717) is 23.5 Å². The molecule has 4 aromatic rings. The molecule has 2 atom stereocenters. The van der Waals surface area contributed by atoms with E-state index < -0.39 is 0 Å². The van der Waals surface area contributed by atoms with Gasteiger partial charge in [0.05, 0.1) is 31.0 Å². The molecule has 7 rings (SSSR count). The molecule has 2 saturated heterocycles. The molecule has 6 nitrogen and oxygen atoms in total. The Labute approximate surface area is 227 Å². The minimum atomic E-state index is -0.359. The van der Waals surface area contributed by atoms with Gasteiger partial charge >= 0.3 is 5.97 Å². The van der Waals surface area contributed by atoms with Crippen molar-refractivity contribution in [2.24, 2.45) is 0 Å². The van der Waals surface area contributed by atoms with Gasteiger partial charge in [-0.2, -0.15) is 0 Å². The van der Waals surface area contributed by atoms with E-state index in [1.165, 1.54) is 16.7 Å². The molecular weight excluding hydrogens is 492 g/mol. The zero-order chi connectivity index (χ0) is 26.2. The normalized spacial score (nSPS) is 18.2. The number of carbonyl (C=O) groups excluding carboxylic acids is 1. The van der Waals surface area contributed by atoms with Crippen LogP contribution < -0.4 is 14.2 Å². The van der Waals surface area contributed by atoms with Gasteiger partial charge in [-0.15, -0.1) is 0 Å². The van der Waals surface area contributed by atoms with Crippen molar-refractivity contribution >= 4 is 5.97 Å². The van der Waals surface area contributed by atoms with Gasteiger partial charge in [-0.1, -0.05) is 36.4 Å². The fourth-order valence-electron chi connectivity index (χ4n) is 5.04. The van der Waals surface area contributed by atoms with Crippen molar-refractivity contribution in [3.63, 3.8) is 0 Å². The number of benzene rings is 4. The topological polar surface area (TPSA) is 69.8 Å². The van der Waals surface area contributed by atoms with Crippen LogP contribution >= 0.6 is 0 Å². The lowest BCUT2D eigenvalue weighted by Crippen LogP contribution is -2.08. The first-order valence-electron chi connectivity index (χ1n) is 13.3. The summed E-state index contributed by atoms with van der Waals surface area (Å²) in [5.41, 5.74) is 7.56. The Morgan fingerprint density at radius 3 is 1.79 bits per heavy atom. The van der Waals surface area contributed by atoms with Crippen molar-refractivity contribution in [2.75, 3.05) is 20.0 Å². The van der Waals surface area contributed by atoms with Crippen LogP contribution in [0.3, 0.4) is 0 Å². The van der Waals surface area contributed by atoms with E-state index >= 15 is 0 Å². The molecule has 1 aliphatic carbocycles. The van der Waals surface area contributed by atoms with Crippen molar-refractivity contribution in [1.29, 1.82) is 0 Å². The molecule has 3 aliphatic rings. The number of esters is 1. The lowest BCUT2D eigenvalue weighted by atomic mass is 10.1. The molecule has 2 aliphatic heterocycles. The third kappa shape index (κ3) is 5.67. The highest BCUT2D eigenvalue weighted by Crippen LogP contribution is 2.40. The lowest BCUT2D eigenvalue weighted by molar-refractivity contribution is 0.0734. The van der Waals surface area contributed by atoms with E-state index in [9.17, 15) is 4.79 Å². The smallest absolute Gasteiger partial charge is 0.343 e. The summed E-state index contributed by atoms with van der Waals surface area (Å²) in [7, 11) is 0. The first-order valence-corrected chi connectivity index (χ1v) is 13.3. The number of hydrogen-bond acceptors (Lipinski definition) is 6. The van der Waals surface area contributed by atoms with Crippen molar-refractivity contribution in [3.8, 4) is 28.4 Å². The predicted molar refractivity (Wildman–Crippen MR) is 146 cm³/mol. The Morgan fingerprint density at radius 2 is 1.18 bits per heavy atom. The molecule has 0 saturated carbocycles. The van der Waals surface area contributed by atoms with Crippen LogP contribution in [-0.2, 0) is 28.7 Å². The summed E-state index contributed by atoms with van der Waals surface area (Å²) < 4.78 is 27.9. The van der Waals surface area contributed by atoms with Gasteiger partial charge in [0.2, 0.25) is 6.79 Å². The number of fused-ring (bicyclic) bond motifs is 3. The molecule has 2 fully saturated rings. The number of ether oxygens (including phenoxy) is 5. The molecule has 196 valence electrons. The zero-order valence-electron chi connectivity index (χ0n) is 21.4. The van der Waals surface area contributed by atoms with Gasteiger partial charge in [-0.05, 0) is 88.3 Å². The molecule has 2 heterocycles. The average Bonchev–Trinajstić information content (AvgIpc) is 3.89. The predicted octanol–water partition coefficient (Wildman–Crippen LogP) is 5.77. The van der Waals surface area contributed by atoms with Crippen LogP contribution in [0.5, 0.6) is 17.2 Å². The van der Waals surface area contributed by atoms with Gasteiger partial charge in [0, 0.05) is 12.8 Å². The van der Waals surface area contributed by atoms with Crippen molar-refractivity contribution < 1.29 is 28.5 Å². The maximum absolute atomic E-state index is 12.7. The highest BCUT2D eigenvalue weighted by atomic mass is 16.7. The lowest BCUT2D eigenvalue weighted by Gasteiger charge is -2.10. The summed E-state index contributed by atoms with van der Waals surface area (Å²) in [4.78, 5) is 12.7. The maximum atomic E-state index is 12.7. The van der Waals surface area contributed by atoms with Crippen LogP contribution in [0, 0.1) is 0 Å². The summed E-state index contributed by atoms with van der Waals surface area (Å²) in [5, 5.41) is 0. The van der Waals surface area contributed by atoms with Crippen LogP contribution in [-0.4, -0.2) is 38.2 Å². The molecule has 39 heavy (non-hydrogen) atoms. The molecule has 6 heteroatoms. The van der Waals surface area contributed by atoms with Crippen LogP contribution in [0.15, 0.2) is 84.9 Å². The minimum Gasteiger partial charge on any atom is -0.458 e. The van der Waals surface area contributed by atoms with Crippen LogP contribution in [0.1, 0.15) is 32.6 Å². The highest BCUT2D eigenvalue weighted by molar-refractivity contribution is 5.91. The van der Waals surface area contributed by atoms with Gasteiger partial charge in [0.25, 0.3) is 0 Å². The van der Waals surface area contributed by atoms with E-state index in [-0.39, 0.29) is 12.8 Å². The Kier molecular flexibility index (Phi) is 6.27. The van der Waals surface area contributed by atoms with Gasteiger partial charge in [0.15, 0.2) is 0 Å². The number of hydrogen-bond donors (Lipinski definition) is 0. The second-order valence-corrected chi connectivity index (χ2v) is 10.3. The fraction of sp³-hybridized carbons (Fsp3) is 0.242. The van der Waals surface area contributed by atoms with E-state index in [0.717, 1.165) is 60.7 Å². The molecule has 0 amide bonds. The average molecular weight is 521 g/mol. The summed E-state index contributed by atoms with van der Waals surface area (Å²) in [6.07, 6.45) is 3.28. The van der Waals surface area contributed by atoms with Crippen molar-refractivity contribution in [1.82, 2.24) is 0 Å². The molecule has 2 unspecified atom stereocenters. The largest absolute Gasteiger partial charge is 0.458 e. The van der Waals surface area contributed by atoms with Crippen LogP contribution in [0.25, 0.3) is 11.1 Å². The Bertz CT molecular complexity index is 1500. The maximum Gasteiger partial charge on any atom is 0.343 e. The van der Waals surface area contributed by atoms with Gasteiger partial charge in [-0.3, -0.25) is 0 Å². The first-order chi connectivity index (χ1) is 19.2. The quantitative estimate of drug-likeness (QED) is 0.101. The SMILES string of the molecule is O=C(Oc1ccc2c(c1)Cc1cc(OCOc3ccc(CC4CO4)cc3)ccc1-2)c1ccc(CC2CO2)cc1. The van der Waals surface area contributed by atoms with E-state index in [4.69, 9.17) is 23.7 Å². The van der Waals surface area contributed by atoms with Crippen LogP contribution in [0.2, 0.25) is 0 Å². The summed E-state index contributed by atoms with van der Waals surface area (Å²) >= 11 is 0. The second-order valence-electron chi connectivity index (χ2n) is 10.3. The zero-order valence-corrected chi connectivity index (χ0v) is 21.4. The third-order valence-electron chi connectivity index (χ3n) is 7.33. The number of epoxide rings is 2. The second kappa shape index (κ2) is 10.2. The Morgan fingerprint density at radius 1 is 0.667 bits per heavy atom. The van der Waals surface area contributed by atoms with Crippen LogP contribution in [0.4, 0.5) is 0 Å². The molecule has 0 aromatic heterocycles. The molecule has 0 N–H and O–H groups in total. The van der Waals surface area contributed by atoms with E-state index in [1.807, 2.05) is 60.7 Å². The van der Waals surface area contributed by atoms with Gasteiger partial charge < -0.3 is 23.7 Å². The third-order valence-corrected chi connectivity index (χ3v) is 7.33. The van der Waals surface area contributed by atoms with Gasteiger partial charge in [-0.25, -0.2) is 4.79 Å². The minimum absolute atomic E-state index is 0.131. The van der Waals surface area contributed by atoms with E-state index in [1.54, 1.807) is 0 Å². The van der Waals surface area contributed by atoms with Gasteiger partial charge in [0.1, 0.15) is 17.2 Å². The fourth-order valence-corrected chi connectivity index (χ4v) is 5.04. The first kappa shape index (κ1) is 23.9. The van der Waals surface area contributed by atoms with E-state index in [2.05, 4.69) is 24.3 Å². The Hall–Kier alpha value is -4.13. The molecule has 0 bridgehead atoms. The summed E-state index contributed by atoms with van der Waals surface area (Å²) in [5.74, 6) is 1.71. The standard InChI is InChI=1S/C33H28O6/c34-33(23-5-1-21(2-6-23)13-29-18-35-29)39-28-10-12-32-25(17-28)15-24-16-27(9-11-31(24)32)38-20-37-26-7-3-22(4-8-26)14-30-19-36-30/h1-12,16-17,29-30H,13-15,18-20H2. The molecule has 0 spiro atoms. The molecular formula is C33H28O6. The monoisotopic (exact) mass is 520 g/mol. The Balaban J connectivity index is 0.947. The van der Waals surface area contributed by atoms with Crippen molar-refractivity contribution in [2.45, 2.75) is 31.5 Å². The highest BCUT2D eigenvalue weighted by Gasteiger charge is 2.24. The van der Waals surface area contributed by atoms with Crippen molar-refractivity contribution in [3.05, 3.63) is 113 Å². The molecule has 0 radical (unpaired) electrons. The summed E-state index contributed by atoms with van der Waals surface area (Å²) in [6, 6.07) is 27.5. The molecule has 4 aromatic carbocycles. The number of rotatable bonds is 10.